The van der Waals surface area contributed by atoms with Crippen LogP contribution in [0.3, 0.4) is 0 Å². The first kappa shape index (κ1) is 18.3. The number of nitrogens with one attached hydrogen (secondary N) is 1. The van der Waals surface area contributed by atoms with E-state index in [-0.39, 0.29) is 12.5 Å². The summed E-state index contributed by atoms with van der Waals surface area (Å²) >= 11 is 3.44. The van der Waals surface area contributed by atoms with Crippen LogP contribution in [0, 0.1) is 12.8 Å². The second-order valence-electron chi connectivity index (χ2n) is 5.98. The Labute approximate surface area is 151 Å². The van der Waals surface area contributed by atoms with E-state index in [1.54, 1.807) is 0 Å². The monoisotopic (exact) mass is 391 g/mol. The predicted octanol–water partition coefficient (Wildman–Crippen LogP) is 4.81. The molecule has 24 heavy (non-hydrogen) atoms. The van der Waals surface area contributed by atoms with Gasteiger partial charge in [-0.2, -0.15) is 0 Å². The lowest BCUT2D eigenvalue weighted by Crippen LogP contribution is -2.20. The van der Waals surface area contributed by atoms with Gasteiger partial charge in [-0.1, -0.05) is 35.8 Å². The molecule has 0 saturated carbocycles. The maximum absolute atomic E-state index is 12.0. The number of hydrogen-bond acceptors (Lipinski definition) is 3. The minimum atomic E-state index is -0.211. The number of rotatable bonds is 7. The predicted molar refractivity (Wildman–Crippen MR) is 99.8 cm³/mol. The van der Waals surface area contributed by atoms with Crippen LogP contribution < -0.4 is 14.8 Å². The number of ether oxygens (including phenoxy) is 2. The molecule has 0 atom stereocenters. The molecule has 5 heteroatoms. The van der Waals surface area contributed by atoms with Crippen LogP contribution in [0.25, 0.3) is 0 Å². The Hall–Kier alpha value is -2.01. The fourth-order valence-electron chi connectivity index (χ4n) is 1.98. The first-order chi connectivity index (χ1) is 11.4. The zero-order chi connectivity index (χ0) is 17.5. The third kappa shape index (κ3) is 5.89. The second kappa shape index (κ2) is 8.73. The van der Waals surface area contributed by atoms with E-state index in [1.165, 1.54) is 0 Å². The number of benzene rings is 2. The molecule has 0 aliphatic carbocycles. The molecule has 0 aromatic heterocycles. The molecule has 0 aliphatic heterocycles. The van der Waals surface area contributed by atoms with Crippen LogP contribution in [0.2, 0.25) is 0 Å². The molecule has 0 radical (unpaired) electrons. The molecule has 0 saturated heterocycles. The average Bonchev–Trinajstić information content (AvgIpc) is 2.54. The van der Waals surface area contributed by atoms with E-state index < -0.39 is 0 Å². The Balaban J connectivity index is 1.87. The highest BCUT2D eigenvalue weighted by atomic mass is 79.9. The third-order valence-electron chi connectivity index (χ3n) is 3.20. The summed E-state index contributed by atoms with van der Waals surface area (Å²) < 4.78 is 12.2. The first-order valence-electron chi connectivity index (χ1n) is 7.85. The molecule has 0 unspecified atom stereocenters. The summed E-state index contributed by atoms with van der Waals surface area (Å²) in [5.74, 6) is 1.65. The van der Waals surface area contributed by atoms with Gasteiger partial charge in [0.15, 0.2) is 6.61 Å². The number of halogens is 1. The van der Waals surface area contributed by atoms with Crippen LogP contribution in [-0.4, -0.2) is 19.1 Å². The van der Waals surface area contributed by atoms with Crippen molar-refractivity contribution in [3.05, 3.63) is 52.5 Å². The van der Waals surface area contributed by atoms with Gasteiger partial charge in [0.25, 0.3) is 5.91 Å². The average molecular weight is 392 g/mol. The van der Waals surface area contributed by atoms with Gasteiger partial charge in [-0.05, 0) is 48.7 Å². The zero-order valence-electron chi connectivity index (χ0n) is 14.1. The number of carbonyl (C=O) groups is 1. The Morgan fingerprint density at radius 1 is 1.12 bits per heavy atom. The van der Waals surface area contributed by atoms with Gasteiger partial charge in [0, 0.05) is 16.2 Å². The summed E-state index contributed by atoms with van der Waals surface area (Å²) in [6.45, 7) is 6.75. The number of amides is 1. The van der Waals surface area contributed by atoms with E-state index in [0.29, 0.717) is 24.0 Å². The lowest BCUT2D eigenvalue weighted by Gasteiger charge is -2.11. The lowest BCUT2D eigenvalue weighted by atomic mass is 10.2. The number of hydrogen-bond donors (Lipinski definition) is 1. The number of aryl methyl sites for hydroxylation is 1. The van der Waals surface area contributed by atoms with Gasteiger partial charge in [0.05, 0.1) is 6.61 Å². The van der Waals surface area contributed by atoms with Crippen molar-refractivity contribution < 1.29 is 14.3 Å². The minimum Gasteiger partial charge on any atom is -0.493 e. The van der Waals surface area contributed by atoms with Crippen LogP contribution in [0.4, 0.5) is 5.69 Å². The maximum Gasteiger partial charge on any atom is 0.262 e. The number of anilines is 1. The molecule has 0 heterocycles. The fourth-order valence-corrected chi connectivity index (χ4v) is 2.23. The van der Waals surface area contributed by atoms with Crippen LogP contribution in [0.5, 0.6) is 11.5 Å². The molecule has 2 rings (SSSR count). The van der Waals surface area contributed by atoms with E-state index in [2.05, 4.69) is 35.1 Å². The highest BCUT2D eigenvalue weighted by Crippen LogP contribution is 2.22. The summed E-state index contributed by atoms with van der Waals surface area (Å²) in [4.78, 5) is 12.0. The summed E-state index contributed by atoms with van der Waals surface area (Å²) in [5, 5.41) is 2.81. The molecule has 1 N–H and O–H groups in total. The van der Waals surface area contributed by atoms with E-state index in [9.17, 15) is 4.79 Å². The smallest absolute Gasteiger partial charge is 0.262 e. The number of carbonyl (C=O) groups excluding carboxylic acids is 1. The summed E-state index contributed by atoms with van der Waals surface area (Å²) in [7, 11) is 0. The van der Waals surface area contributed by atoms with Gasteiger partial charge in [-0.25, -0.2) is 0 Å². The van der Waals surface area contributed by atoms with Crippen LogP contribution in [-0.2, 0) is 4.79 Å². The molecule has 1 amide bonds. The quantitative estimate of drug-likeness (QED) is 0.736. The van der Waals surface area contributed by atoms with Crippen LogP contribution in [0.15, 0.2) is 46.9 Å². The minimum absolute atomic E-state index is 0.0435. The van der Waals surface area contributed by atoms with E-state index in [1.807, 2.05) is 49.4 Å². The molecule has 0 bridgehead atoms. The molecular formula is C19H22BrNO3. The topological polar surface area (TPSA) is 47.6 Å². The van der Waals surface area contributed by atoms with Crippen molar-refractivity contribution in [3.8, 4) is 11.5 Å². The SMILES string of the molecule is Cc1cc(OCC(=O)Nc2cccc(OCC(C)C)c2)ccc1Br. The standard InChI is InChI=1S/C19H22BrNO3/c1-13(2)11-23-16-6-4-5-15(10-16)21-19(22)12-24-17-7-8-18(20)14(3)9-17/h4-10,13H,11-12H2,1-3H3,(H,21,22). The van der Waals surface area contributed by atoms with Gasteiger partial charge in [0.1, 0.15) is 11.5 Å². The Bertz CT molecular complexity index is 701. The van der Waals surface area contributed by atoms with E-state index in [0.717, 1.165) is 15.8 Å². The second-order valence-corrected chi connectivity index (χ2v) is 6.83. The molecule has 0 aliphatic rings. The van der Waals surface area contributed by atoms with Crippen molar-refractivity contribution in [2.24, 2.45) is 5.92 Å². The third-order valence-corrected chi connectivity index (χ3v) is 4.09. The fraction of sp³-hybridized carbons (Fsp3) is 0.316. The molecule has 0 fully saturated rings. The maximum atomic E-state index is 12.0. The largest absolute Gasteiger partial charge is 0.493 e. The highest BCUT2D eigenvalue weighted by molar-refractivity contribution is 9.10. The molecule has 4 nitrogen and oxygen atoms in total. The first-order valence-corrected chi connectivity index (χ1v) is 8.65. The highest BCUT2D eigenvalue weighted by Gasteiger charge is 2.06. The normalized spacial score (nSPS) is 10.5. The molecule has 0 spiro atoms. The van der Waals surface area contributed by atoms with Gasteiger partial charge in [-0.3, -0.25) is 4.79 Å². The molecule has 2 aromatic carbocycles. The van der Waals surface area contributed by atoms with E-state index in [4.69, 9.17) is 9.47 Å². The summed E-state index contributed by atoms with van der Waals surface area (Å²) in [6, 6.07) is 13.0. The zero-order valence-corrected chi connectivity index (χ0v) is 15.7. The Morgan fingerprint density at radius 2 is 1.88 bits per heavy atom. The lowest BCUT2D eigenvalue weighted by molar-refractivity contribution is -0.118. The van der Waals surface area contributed by atoms with Crippen molar-refractivity contribution in [3.63, 3.8) is 0 Å². The van der Waals surface area contributed by atoms with Gasteiger partial charge in [-0.15, -0.1) is 0 Å². The van der Waals surface area contributed by atoms with Gasteiger partial charge >= 0.3 is 0 Å². The summed E-state index contributed by atoms with van der Waals surface area (Å²) in [5.41, 5.74) is 1.75. The van der Waals surface area contributed by atoms with Crippen molar-refractivity contribution >= 4 is 27.5 Å². The van der Waals surface area contributed by atoms with E-state index >= 15 is 0 Å². The van der Waals surface area contributed by atoms with Gasteiger partial charge < -0.3 is 14.8 Å². The van der Waals surface area contributed by atoms with Crippen molar-refractivity contribution in [2.45, 2.75) is 20.8 Å². The van der Waals surface area contributed by atoms with Crippen LogP contribution in [0.1, 0.15) is 19.4 Å². The summed E-state index contributed by atoms with van der Waals surface area (Å²) in [6.07, 6.45) is 0. The molecule has 128 valence electrons. The molecular weight excluding hydrogens is 370 g/mol. The van der Waals surface area contributed by atoms with Crippen molar-refractivity contribution in [2.75, 3.05) is 18.5 Å². The van der Waals surface area contributed by atoms with Crippen molar-refractivity contribution in [1.29, 1.82) is 0 Å². The van der Waals surface area contributed by atoms with Crippen molar-refractivity contribution in [1.82, 2.24) is 0 Å². The Kier molecular flexibility index (Phi) is 6.67. The van der Waals surface area contributed by atoms with Crippen LogP contribution >= 0.6 is 15.9 Å². The molecule has 2 aromatic rings. The van der Waals surface area contributed by atoms with Gasteiger partial charge in [0.2, 0.25) is 0 Å². The Morgan fingerprint density at radius 3 is 2.58 bits per heavy atom.